The molecule has 1 aliphatic heterocycles. The third kappa shape index (κ3) is 4.20. The van der Waals surface area contributed by atoms with E-state index in [9.17, 15) is 9.59 Å². The number of thiophene rings is 1. The van der Waals surface area contributed by atoms with Crippen LogP contribution in [0.5, 0.6) is 0 Å². The highest BCUT2D eigenvalue weighted by atomic mass is 32.1. The molecule has 26 heavy (non-hydrogen) atoms. The molecule has 1 aromatic heterocycles. The molecule has 144 valence electrons. The van der Waals surface area contributed by atoms with Crippen LogP contribution < -0.4 is 5.32 Å². The number of carbonyl (C=O) groups is 2. The number of nitrogens with zero attached hydrogens (tertiary/aromatic N) is 1. The highest BCUT2D eigenvalue weighted by molar-refractivity contribution is 7.16. The first-order valence-electron chi connectivity index (χ1n) is 9.25. The number of amides is 2. The molecule has 1 fully saturated rings. The number of aryl methyl sites for hydroxylation is 1. The van der Waals surface area contributed by atoms with Crippen molar-refractivity contribution >= 4 is 28.3 Å². The molecule has 0 unspecified atom stereocenters. The molecule has 6 nitrogen and oxygen atoms in total. The topological polar surface area (TPSA) is 67.9 Å². The van der Waals surface area contributed by atoms with Crippen molar-refractivity contribution in [2.24, 2.45) is 0 Å². The second-order valence-electron chi connectivity index (χ2n) is 7.92. The second kappa shape index (κ2) is 7.56. The number of hydrogen-bond donors (Lipinski definition) is 1. The number of morpholine rings is 1. The van der Waals surface area contributed by atoms with E-state index in [-0.39, 0.29) is 12.5 Å². The van der Waals surface area contributed by atoms with Crippen molar-refractivity contribution in [3.63, 3.8) is 0 Å². The predicted molar refractivity (Wildman–Crippen MR) is 102 cm³/mol. The van der Waals surface area contributed by atoms with Gasteiger partial charge in [-0.3, -0.25) is 9.69 Å². The van der Waals surface area contributed by atoms with Crippen LogP contribution in [0.2, 0.25) is 0 Å². The van der Waals surface area contributed by atoms with Crippen LogP contribution in [0.1, 0.15) is 49.6 Å². The molecule has 2 heterocycles. The molecule has 0 bridgehead atoms. The van der Waals surface area contributed by atoms with Crippen molar-refractivity contribution in [1.29, 1.82) is 0 Å². The molecule has 1 saturated heterocycles. The maximum Gasteiger partial charge on any atom is 0.411 e. The number of carbonyl (C=O) groups excluding carboxylic acids is 2. The summed E-state index contributed by atoms with van der Waals surface area (Å²) in [6, 6.07) is -0.669. The van der Waals surface area contributed by atoms with Gasteiger partial charge < -0.3 is 14.8 Å². The van der Waals surface area contributed by atoms with E-state index in [0.29, 0.717) is 13.2 Å². The van der Waals surface area contributed by atoms with E-state index in [4.69, 9.17) is 9.47 Å². The average molecular weight is 381 g/mol. The minimum Gasteiger partial charge on any atom is -0.444 e. The summed E-state index contributed by atoms with van der Waals surface area (Å²) < 4.78 is 10.9. The first kappa shape index (κ1) is 19.2. The molecule has 2 aliphatic rings. The Hall–Kier alpha value is -1.60. The number of fused-ring (bicyclic) bond motifs is 1. The monoisotopic (exact) mass is 380 g/mol. The largest absolute Gasteiger partial charge is 0.444 e. The fourth-order valence-corrected chi connectivity index (χ4v) is 4.70. The lowest BCUT2D eigenvalue weighted by Crippen LogP contribution is -2.55. The maximum atomic E-state index is 12.9. The van der Waals surface area contributed by atoms with Gasteiger partial charge in [0.05, 0.1) is 18.2 Å². The van der Waals surface area contributed by atoms with Crippen molar-refractivity contribution < 1.29 is 19.1 Å². The summed E-state index contributed by atoms with van der Waals surface area (Å²) >= 11 is 1.67. The van der Waals surface area contributed by atoms with Gasteiger partial charge in [0.2, 0.25) is 5.91 Å². The zero-order valence-corrected chi connectivity index (χ0v) is 16.8. The first-order chi connectivity index (χ1) is 12.3. The Kier molecular flexibility index (Phi) is 5.58. The van der Waals surface area contributed by atoms with Gasteiger partial charge >= 0.3 is 6.09 Å². The summed E-state index contributed by atoms with van der Waals surface area (Å²) in [6.07, 6.45) is 4.13. The van der Waals surface area contributed by atoms with E-state index >= 15 is 0 Å². The zero-order chi connectivity index (χ0) is 18.9. The second-order valence-corrected chi connectivity index (χ2v) is 9.02. The fourth-order valence-electron chi connectivity index (χ4n) is 3.40. The summed E-state index contributed by atoms with van der Waals surface area (Å²) in [6.45, 7) is 8.48. The Balaban J connectivity index is 1.73. The highest BCUT2D eigenvalue weighted by Gasteiger charge is 2.36. The Labute approximate surface area is 158 Å². The van der Waals surface area contributed by atoms with Crippen LogP contribution in [0.25, 0.3) is 0 Å². The Bertz CT molecular complexity index is 692. The molecule has 7 heteroatoms. The van der Waals surface area contributed by atoms with E-state index < -0.39 is 17.7 Å². The molecule has 0 spiro atoms. The molecule has 0 radical (unpaired) electrons. The van der Waals surface area contributed by atoms with Crippen molar-refractivity contribution in [3.05, 3.63) is 16.0 Å². The van der Waals surface area contributed by atoms with Crippen molar-refractivity contribution in [1.82, 2.24) is 4.90 Å². The minimum absolute atomic E-state index is 0.190. The quantitative estimate of drug-likeness (QED) is 0.853. The average Bonchev–Trinajstić information content (AvgIpc) is 2.89. The number of rotatable bonds is 2. The van der Waals surface area contributed by atoms with Gasteiger partial charge in [0.1, 0.15) is 11.6 Å². The van der Waals surface area contributed by atoms with Crippen molar-refractivity contribution in [2.45, 2.75) is 65.0 Å². The van der Waals surface area contributed by atoms with Crippen LogP contribution in [-0.4, -0.2) is 48.3 Å². The standard InChI is InChI=1S/C19H28N2O4S/c1-12-13-7-5-6-8-15(13)26-17(12)20-16(22)14-11-24-10-9-21(14)18(23)25-19(2,3)4/h14H,5-11H2,1-4H3,(H,20,22)/t14-/m1/s1. The van der Waals surface area contributed by atoms with Crippen LogP contribution in [0.4, 0.5) is 9.80 Å². The molecular formula is C19H28N2O4S. The van der Waals surface area contributed by atoms with Crippen LogP contribution in [0, 0.1) is 6.92 Å². The lowest BCUT2D eigenvalue weighted by atomic mass is 9.96. The summed E-state index contributed by atoms with van der Waals surface area (Å²) in [5.41, 5.74) is 1.96. The highest BCUT2D eigenvalue weighted by Crippen LogP contribution is 2.37. The number of anilines is 1. The van der Waals surface area contributed by atoms with E-state index in [1.54, 1.807) is 11.3 Å². The van der Waals surface area contributed by atoms with Gasteiger partial charge in [0, 0.05) is 11.4 Å². The molecule has 1 N–H and O–H groups in total. The first-order valence-corrected chi connectivity index (χ1v) is 10.1. The fraction of sp³-hybridized carbons (Fsp3) is 0.684. The van der Waals surface area contributed by atoms with Gasteiger partial charge in [-0.25, -0.2) is 4.79 Å². The van der Waals surface area contributed by atoms with Gasteiger partial charge in [-0.05, 0) is 64.5 Å². The molecule has 0 aromatic carbocycles. The molecule has 1 aromatic rings. The van der Waals surface area contributed by atoms with E-state index in [0.717, 1.165) is 17.8 Å². The van der Waals surface area contributed by atoms with E-state index in [1.165, 1.54) is 33.7 Å². The lowest BCUT2D eigenvalue weighted by molar-refractivity contribution is -0.127. The number of ether oxygens (including phenoxy) is 2. The zero-order valence-electron chi connectivity index (χ0n) is 16.0. The molecule has 1 aliphatic carbocycles. The third-order valence-corrected chi connectivity index (χ3v) is 6.04. The predicted octanol–water partition coefficient (Wildman–Crippen LogP) is 3.51. The van der Waals surface area contributed by atoms with Gasteiger partial charge in [-0.2, -0.15) is 0 Å². The Morgan fingerprint density at radius 1 is 1.27 bits per heavy atom. The van der Waals surface area contributed by atoms with Crippen LogP contribution >= 0.6 is 11.3 Å². The minimum atomic E-state index is -0.669. The van der Waals surface area contributed by atoms with Crippen LogP contribution in [0.15, 0.2) is 0 Å². The molecule has 0 saturated carbocycles. The SMILES string of the molecule is Cc1c(NC(=O)[C@H]2COCCN2C(=O)OC(C)(C)C)sc2c1CCCC2. The smallest absolute Gasteiger partial charge is 0.411 e. The molecular weight excluding hydrogens is 352 g/mol. The van der Waals surface area contributed by atoms with E-state index in [2.05, 4.69) is 12.2 Å². The Morgan fingerprint density at radius 2 is 2.00 bits per heavy atom. The lowest BCUT2D eigenvalue weighted by Gasteiger charge is -2.35. The Morgan fingerprint density at radius 3 is 2.69 bits per heavy atom. The normalized spacial score (nSPS) is 20.5. The summed E-state index contributed by atoms with van der Waals surface area (Å²) in [4.78, 5) is 28.2. The van der Waals surface area contributed by atoms with Gasteiger partial charge in [-0.15, -0.1) is 11.3 Å². The van der Waals surface area contributed by atoms with Gasteiger partial charge in [-0.1, -0.05) is 0 Å². The molecule has 3 rings (SSSR count). The van der Waals surface area contributed by atoms with E-state index in [1.807, 2.05) is 20.8 Å². The number of hydrogen-bond acceptors (Lipinski definition) is 5. The van der Waals surface area contributed by atoms with Crippen LogP contribution in [-0.2, 0) is 27.1 Å². The molecule has 2 amide bonds. The molecule has 1 atom stereocenters. The number of nitrogens with one attached hydrogen (secondary N) is 1. The maximum absolute atomic E-state index is 12.9. The van der Waals surface area contributed by atoms with Crippen molar-refractivity contribution in [3.8, 4) is 0 Å². The van der Waals surface area contributed by atoms with Gasteiger partial charge in [0.25, 0.3) is 0 Å². The summed E-state index contributed by atoms with van der Waals surface area (Å²) in [5.74, 6) is -0.211. The summed E-state index contributed by atoms with van der Waals surface area (Å²) in [7, 11) is 0. The van der Waals surface area contributed by atoms with Crippen LogP contribution in [0.3, 0.4) is 0 Å². The summed E-state index contributed by atoms with van der Waals surface area (Å²) in [5, 5.41) is 3.93. The van der Waals surface area contributed by atoms with Gasteiger partial charge in [0.15, 0.2) is 0 Å². The third-order valence-electron chi connectivity index (χ3n) is 4.73. The van der Waals surface area contributed by atoms with Crippen molar-refractivity contribution in [2.75, 3.05) is 25.1 Å².